The molecule has 7 nitrogen and oxygen atoms in total. The van der Waals surface area contributed by atoms with Crippen molar-refractivity contribution in [2.75, 3.05) is 21.3 Å². The summed E-state index contributed by atoms with van der Waals surface area (Å²) in [6.45, 7) is 1.89. The highest BCUT2D eigenvalue weighted by Gasteiger charge is 2.20. The van der Waals surface area contributed by atoms with Gasteiger partial charge in [-0.2, -0.15) is 5.10 Å². The van der Waals surface area contributed by atoms with Crippen LogP contribution >= 0.6 is 11.6 Å². The first-order chi connectivity index (χ1) is 12.5. The molecule has 0 atom stereocenters. The highest BCUT2D eigenvalue weighted by Crippen LogP contribution is 2.41. The molecule has 0 amide bonds. The van der Waals surface area contributed by atoms with Crippen molar-refractivity contribution in [2.24, 2.45) is 0 Å². The molecule has 136 valence electrons. The van der Waals surface area contributed by atoms with Gasteiger partial charge in [-0.15, -0.1) is 0 Å². The topological polar surface area (TPSA) is 78.4 Å². The summed E-state index contributed by atoms with van der Waals surface area (Å²) in [5.41, 5.74) is 1.77. The smallest absolute Gasteiger partial charge is 0.348 e. The van der Waals surface area contributed by atoms with Crippen molar-refractivity contribution in [3.63, 3.8) is 0 Å². The summed E-state index contributed by atoms with van der Waals surface area (Å²) in [4.78, 5) is 12.4. The van der Waals surface area contributed by atoms with E-state index in [1.807, 2.05) is 13.0 Å². The molecular formula is C18H18ClN3O4. The van der Waals surface area contributed by atoms with Crippen molar-refractivity contribution >= 4 is 11.6 Å². The number of nitrogens with zero attached hydrogens (tertiary/aromatic N) is 2. The summed E-state index contributed by atoms with van der Waals surface area (Å²) in [6, 6.07) is 8.79. The van der Waals surface area contributed by atoms with E-state index in [1.54, 1.807) is 24.3 Å². The number of aromatic amines is 1. The van der Waals surface area contributed by atoms with Crippen LogP contribution in [0.4, 0.5) is 0 Å². The SMILES string of the molecule is COc1cc(-c2n[nH]c(=O)n2-c2cc(Cl)ccc2C)cc(OC)c1OC. The Bertz CT molecular complexity index is 985. The van der Waals surface area contributed by atoms with E-state index >= 15 is 0 Å². The van der Waals surface area contributed by atoms with E-state index in [4.69, 9.17) is 25.8 Å². The van der Waals surface area contributed by atoms with Crippen LogP contribution in [0.5, 0.6) is 17.2 Å². The molecule has 0 aliphatic heterocycles. The van der Waals surface area contributed by atoms with Gasteiger partial charge in [0, 0.05) is 10.6 Å². The minimum atomic E-state index is -0.376. The number of aromatic nitrogens is 3. The van der Waals surface area contributed by atoms with Gasteiger partial charge in [-0.25, -0.2) is 14.5 Å². The summed E-state index contributed by atoms with van der Waals surface area (Å²) in [5, 5.41) is 7.18. The van der Waals surface area contributed by atoms with E-state index in [-0.39, 0.29) is 5.69 Å². The van der Waals surface area contributed by atoms with E-state index in [0.29, 0.717) is 39.3 Å². The Hall–Kier alpha value is -2.93. The number of benzene rings is 2. The van der Waals surface area contributed by atoms with Gasteiger partial charge in [0.05, 0.1) is 27.0 Å². The molecule has 26 heavy (non-hydrogen) atoms. The van der Waals surface area contributed by atoms with Gasteiger partial charge in [-0.05, 0) is 36.8 Å². The number of hydrogen-bond donors (Lipinski definition) is 1. The van der Waals surface area contributed by atoms with Crippen LogP contribution in [0.3, 0.4) is 0 Å². The first-order valence-electron chi connectivity index (χ1n) is 7.74. The van der Waals surface area contributed by atoms with Gasteiger partial charge < -0.3 is 14.2 Å². The lowest BCUT2D eigenvalue weighted by Crippen LogP contribution is -2.16. The van der Waals surface area contributed by atoms with Crippen LogP contribution in [0.25, 0.3) is 17.1 Å². The van der Waals surface area contributed by atoms with Crippen molar-refractivity contribution in [3.8, 4) is 34.3 Å². The predicted molar refractivity (Wildman–Crippen MR) is 99.0 cm³/mol. The molecule has 0 radical (unpaired) electrons. The number of rotatable bonds is 5. The molecule has 2 aromatic carbocycles. The summed E-state index contributed by atoms with van der Waals surface area (Å²) in [6.07, 6.45) is 0. The van der Waals surface area contributed by atoms with Gasteiger partial charge in [0.25, 0.3) is 0 Å². The normalized spacial score (nSPS) is 10.7. The second kappa shape index (κ2) is 7.13. The molecule has 0 aliphatic rings. The van der Waals surface area contributed by atoms with Gasteiger partial charge >= 0.3 is 5.69 Å². The van der Waals surface area contributed by atoms with Gasteiger partial charge in [0.1, 0.15) is 0 Å². The van der Waals surface area contributed by atoms with Crippen molar-refractivity contribution in [3.05, 3.63) is 51.4 Å². The zero-order chi connectivity index (χ0) is 18.8. The van der Waals surface area contributed by atoms with Gasteiger partial charge in [-0.3, -0.25) is 0 Å². The molecule has 1 N–H and O–H groups in total. The summed E-state index contributed by atoms with van der Waals surface area (Å²) in [7, 11) is 4.58. The molecule has 0 aliphatic carbocycles. The fourth-order valence-electron chi connectivity index (χ4n) is 2.75. The van der Waals surface area contributed by atoms with E-state index in [1.165, 1.54) is 25.9 Å². The molecule has 1 aromatic heterocycles. The molecule has 3 rings (SSSR count). The lowest BCUT2D eigenvalue weighted by atomic mass is 10.1. The Morgan fingerprint density at radius 2 is 1.69 bits per heavy atom. The van der Waals surface area contributed by atoms with Crippen LogP contribution in [0.2, 0.25) is 5.02 Å². The minimum Gasteiger partial charge on any atom is -0.493 e. The van der Waals surface area contributed by atoms with Crippen LogP contribution in [0, 0.1) is 6.92 Å². The highest BCUT2D eigenvalue weighted by atomic mass is 35.5. The van der Waals surface area contributed by atoms with Gasteiger partial charge in [0.2, 0.25) is 5.75 Å². The fraction of sp³-hybridized carbons (Fsp3) is 0.222. The first kappa shape index (κ1) is 17.9. The number of aryl methyl sites for hydroxylation is 1. The molecule has 0 unspecified atom stereocenters. The summed E-state index contributed by atoms with van der Waals surface area (Å²) >= 11 is 6.12. The average molecular weight is 376 g/mol. The maximum absolute atomic E-state index is 12.4. The standard InChI is InChI=1S/C18H18ClN3O4/c1-10-5-6-12(19)9-13(10)22-17(20-21-18(22)23)11-7-14(24-2)16(26-4)15(8-11)25-3/h5-9H,1-4H3,(H,21,23). The van der Waals surface area contributed by atoms with Crippen molar-refractivity contribution in [1.82, 2.24) is 14.8 Å². The molecule has 0 fully saturated rings. The van der Waals surface area contributed by atoms with Crippen LogP contribution in [0.1, 0.15) is 5.56 Å². The molecule has 0 bridgehead atoms. The molecule has 3 aromatic rings. The quantitative estimate of drug-likeness (QED) is 0.740. The molecule has 0 spiro atoms. The maximum Gasteiger partial charge on any atom is 0.348 e. The fourth-order valence-corrected chi connectivity index (χ4v) is 2.91. The Balaban J connectivity index is 2.27. The Labute approximate surface area is 155 Å². The third kappa shape index (κ3) is 3.01. The number of hydrogen-bond acceptors (Lipinski definition) is 5. The number of nitrogens with one attached hydrogen (secondary N) is 1. The van der Waals surface area contributed by atoms with E-state index in [2.05, 4.69) is 10.2 Å². The molecule has 1 heterocycles. The van der Waals surface area contributed by atoms with Crippen molar-refractivity contribution < 1.29 is 14.2 Å². The first-order valence-corrected chi connectivity index (χ1v) is 8.12. The largest absolute Gasteiger partial charge is 0.493 e. The highest BCUT2D eigenvalue weighted by molar-refractivity contribution is 6.30. The van der Waals surface area contributed by atoms with Crippen molar-refractivity contribution in [2.45, 2.75) is 6.92 Å². The second-order valence-electron chi connectivity index (χ2n) is 5.53. The monoisotopic (exact) mass is 375 g/mol. The van der Waals surface area contributed by atoms with Gasteiger partial charge in [0.15, 0.2) is 17.3 Å². The van der Waals surface area contributed by atoms with E-state index in [0.717, 1.165) is 5.56 Å². The van der Waals surface area contributed by atoms with Crippen LogP contribution in [-0.4, -0.2) is 36.1 Å². The van der Waals surface area contributed by atoms with E-state index in [9.17, 15) is 4.79 Å². The lowest BCUT2D eigenvalue weighted by Gasteiger charge is -2.15. The summed E-state index contributed by atoms with van der Waals surface area (Å²) in [5.74, 6) is 1.79. The third-order valence-electron chi connectivity index (χ3n) is 4.01. The predicted octanol–water partition coefficient (Wildman–Crippen LogP) is 3.22. The molecule has 8 heteroatoms. The number of methoxy groups -OCH3 is 3. The Morgan fingerprint density at radius 1 is 1.04 bits per heavy atom. The molecule has 0 saturated carbocycles. The number of ether oxygens (including phenoxy) is 3. The third-order valence-corrected chi connectivity index (χ3v) is 4.24. The lowest BCUT2D eigenvalue weighted by molar-refractivity contribution is 0.324. The Kier molecular flexibility index (Phi) is 4.90. The zero-order valence-electron chi connectivity index (χ0n) is 14.8. The van der Waals surface area contributed by atoms with Crippen molar-refractivity contribution in [1.29, 1.82) is 0 Å². The van der Waals surface area contributed by atoms with E-state index < -0.39 is 0 Å². The average Bonchev–Trinajstić information content (AvgIpc) is 3.03. The van der Waals surface area contributed by atoms with Crippen LogP contribution < -0.4 is 19.9 Å². The molecular weight excluding hydrogens is 358 g/mol. The van der Waals surface area contributed by atoms with Crippen LogP contribution in [0.15, 0.2) is 35.1 Å². The number of H-pyrrole nitrogens is 1. The second-order valence-corrected chi connectivity index (χ2v) is 5.97. The maximum atomic E-state index is 12.4. The Morgan fingerprint density at radius 3 is 2.27 bits per heavy atom. The van der Waals surface area contributed by atoms with Crippen LogP contribution in [-0.2, 0) is 0 Å². The summed E-state index contributed by atoms with van der Waals surface area (Å²) < 4.78 is 17.6. The zero-order valence-corrected chi connectivity index (χ0v) is 15.5. The minimum absolute atomic E-state index is 0.376. The molecule has 0 saturated heterocycles. The van der Waals surface area contributed by atoms with Gasteiger partial charge in [-0.1, -0.05) is 17.7 Å². The number of halogens is 1.